The fourth-order valence-electron chi connectivity index (χ4n) is 4.90. The van der Waals surface area contributed by atoms with E-state index >= 15 is 0 Å². The van der Waals surface area contributed by atoms with E-state index in [0.717, 1.165) is 68.2 Å². The molecular weight excluding hydrogens is 366 g/mol. The minimum atomic E-state index is -0.335. The quantitative estimate of drug-likeness (QED) is 0.729. The molecule has 0 amide bonds. The molecule has 0 radical (unpaired) electrons. The molecule has 2 aromatic heterocycles. The maximum Gasteiger partial charge on any atom is 0.223 e. The molecule has 4 heterocycles. The van der Waals surface area contributed by atoms with E-state index in [4.69, 9.17) is 4.98 Å². The Hall–Kier alpha value is -2.74. The Balaban J connectivity index is 1.32. The van der Waals surface area contributed by atoms with Gasteiger partial charge >= 0.3 is 0 Å². The van der Waals surface area contributed by atoms with Gasteiger partial charge in [0.2, 0.25) is 5.95 Å². The second kappa shape index (κ2) is 7.26. The predicted octanol–water partition coefficient (Wildman–Crippen LogP) is 2.10. The summed E-state index contributed by atoms with van der Waals surface area (Å²) in [6, 6.07) is 7.99. The SMILES string of the molecule is CCn1ncnc1N1CC(O)CC2(CCN(c3cnc4ccccc4n3)CC2)C1. The number of anilines is 2. The van der Waals surface area contributed by atoms with Crippen LogP contribution < -0.4 is 9.80 Å². The zero-order valence-electron chi connectivity index (χ0n) is 16.8. The highest BCUT2D eigenvalue weighted by Crippen LogP contribution is 2.41. The lowest BCUT2D eigenvalue weighted by Gasteiger charge is -2.49. The molecule has 8 nitrogen and oxygen atoms in total. The third-order valence-electron chi connectivity index (χ3n) is 6.39. The molecule has 1 atom stereocenters. The molecule has 29 heavy (non-hydrogen) atoms. The number of aromatic nitrogens is 5. The first-order valence-corrected chi connectivity index (χ1v) is 10.4. The van der Waals surface area contributed by atoms with Gasteiger partial charge in [-0.15, -0.1) is 0 Å². The molecule has 1 N–H and O–H groups in total. The van der Waals surface area contributed by atoms with Gasteiger partial charge in [-0.3, -0.25) is 4.98 Å². The molecular formula is C21H27N7O. The van der Waals surface area contributed by atoms with Crippen molar-refractivity contribution in [1.82, 2.24) is 24.7 Å². The number of para-hydroxylation sites is 2. The van der Waals surface area contributed by atoms with Gasteiger partial charge < -0.3 is 14.9 Å². The number of hydrogen-bond acceptors (Lipinski definition) is 7. The lowest BCUT2D eigenvalue weighted by atomic mass is 9.71. The normalized spacial score (nSPS) is 21.8. The van der Waals surface area contributed by atoms with Crippen LogP contribution in [0.15, 0.2) is 36.8 Å². The van der Waals surface area contributed by atoms with Gasteiger partial charge in [-0.05, 0) is 43.7 Å². The second-order valence-corrected chi connectivity index (χ2v) is 8.32. The van der Waals surface area contributed by atoms with Crippen LogP contribution >= 0.6 is 0 Å². The summed E-state index contributed by atoms with van der Waals surface area (Å²) in [6.07, 6.45) is 6.04. The molecule has 2 aliphatic heterocycles. The minimum Gasteiger partial charge on any atom is -0.391 e. The molecule has 1 unspecified atom stereocenters. The topological polar surface area (TPSA) is 83.2 Å². The Labute approximate surface area is 170 Å². The average Bonchev–Trinajstić information content (AvgIpc) is 3.22. The molecule has 1 aromatic carbocycles. The Morgan fingerprint density at radius 1 is 1.10 bits per heavy atom. The largest absolute Gasteiger partial charge is 0.391 e. The van der Waals surface area contributed by atoms with Crippen LogP contribution in [0.1, 0.15) is 26.2 Å². The molecule has 1 spiro atoms. The number of β-amino-alcohol motifs (C(OH)–C–C–N with tert-alkyl or cyclic N) is 1. The van der Waals surface area contributed by atoms with Gasteiger partial charge in [0.05, 0.1) is 23.3 Å². The molecule has 2 aliphatic rings. The zero-order chi connectivity index (χ0) is 19.8. The minimum absolute atomic E-state index is 0.100. The summed E-state index contributed by atoms with van der Waals surface area (Å²) in [6.45, 7) is 6.24. The lowest BCUT2D eigenvalue weighted by Crippen LogP contribution is -2.54. The molecule has 152 valence electrons. The van der Waals surface area contributed by atoms with Crippen molar-refractivity contribution in [2.24, 2.45) is 5.41 Å². The Morgan fingerprint density at radius 2 is 1.90 bits per heavy atom. The molecule has 0 aliphatic carbocycles. The summed E-state index contributed by atoms with van der Waals surface area (Å²) in [5.41, 5.74) is 1.96. The highest BCUT2D eigenvalue weighted by atomic mass is 16.3. The van der Waals surface area contributed by atoms with E-state index < -0.39 is 0 Å². The van der Waals surface area contributed by atoms with Gasteiger partial charge in [-0.1, -0.05) is 12.1 Å². The van der Waals surface area contributed by atoms with Crippen LogP contribution in [-0.2, 0) is 6.54 Å². The molecule has 5 rings (SSSR count). The number of aliphatic hydroxyl groups excluding tert-OH is 1. The van der Waals surface area contributed by atoms with Gasteiger partial charge in [-0.2, -0.15) is 10.1 Å². The van der Waals surface area contributed by atoms with Crippen LogP contribution in [0.2, 0.25) is 0 Å². The fraction of sp³-hybridized carbons (Fsp3) is 0.524. The number of aryl methyl sites for hydroxylation is 1. The maximum absolute atomic E-state index is 10.6. The smallest absolute Gasteiger partial charge is 0.223 e. The number of rotatable bonds is 3. The molecule has 3 aromatic rings. The van der Waals surface area contributed by atoms with Crippen LogP contribution in [0.3, 0.4) is 0 Å². The van der Waals surface area contributed by atoms with E-state index in [0.29, 0.717) is 6.54 Å². The van der Waals surface area contributed by atoms with E-state index in [1.807, 2.05) is 35.1 Å². The summed E-state index contributed by atoms with van der Waals surface area (Å²) in [5, 5.41) is 14.9. The summed E-state index contributed by atoms with van der Waals surface area (Å²) in [4.78, 5) is 18.4. The van der Waals surface area contributed by atoms with E-state index in [1.165, 1.54) is 0 Å². The highest BCUT2D eigenvalue weighted by molar-refractivity contribution is 5.75. The molecule has 2 saturated heterocycles. The van der Waals surface area contributed by atoms with Gasteiger partial charge in [0, 0.05) is 32.7 Å². The van der Waals surface area contributed by atoms with Crippen molar-refractivity contribution in [3.05, 3.63) is 36.8 Å². The number of fused-ring (bicyclic) bond motifs is 1. The summed E-state index contributed by atoms with van der Waals surface area (Å²) in [7, 11) is 0. The number of benzene rings is 1. The summed E-state index contributed by atoms with van der Waals surface area (Å²) in [5.74, 6) is 1.81. The van der Waals surface area contributed by atoms with E-state index in [2.05, 4.69) is 31.8 Å². The van der Waals surface area contributed by atoms with Crippen LogP contribution in [0.25, 0.3) is 11.0 Å². The average molecular weight is 393 g/mol. The van der Waals surface area contributed by atoms with E-state index in [-0.39, 0.29) is 11.5 Å². The molecule has 0 saturated carbocycles. The van der Waals surface area contributed by atoms with Gasteiger partial charge in [0.15, 0.2) is 0 Å². The van der Waals surface area contributed by atoms with Crippen LogP contribution in [-0.4, -0.2) is 62.1 Å². The molecule has 2 fully saturated rings. The maximum atomic E-state index is 10.6. The number of aliphatic hydroxyl groups is 1. The van der Waals surface area contributed by atoms with Crippen molar-refractivity contribution < 1.29 is 5.11 Å². The van der Waals surface area contributed by atoms with Crippen molar-refractivity contribution in [2.45, 2.75) is 38.8 Å². The Morgan fingerprint density at radius 3 is 2.69 bits per heavy atom. The highest BCUT2D eigenvalue weighted by Gasteiger charge is 2.42. The van der Waals surface area contributed by atoms with Crippen molar-refractivity contribution in [1.29, 1.82) is 0 Å². The van der Waals surface area contributed by atoms with Gasteiger partial charge in [0.25, 0.3) is 0 Å². The van der Waals surface area contributed by atoms with Crippen molar-refractivity contribution in [3.8, 4) is 0 Å². The van der Waals surface area contributed by atoms with Gasteiger partial charge in [0.1, 0.15) is 12.1 Å². The molecule has 8 heteroatoms. The summed E-state index contributed by atoms with van der Waals surface area (Å²) < 4.78 is 1.91. The van der Waals surface area contributed by atoms with E-state index in [1.54, 1.807) is 6.33 Å². The first-order chi connectivity index (χ1) is 14.2. The van der Waals surface area contributed by atoms with E-state index in [9.17, 15) is 5.11 Å². The fourth-order valence-corrected chi connectivity index (χ4v) is 4.90. The first kappa shape index (κ1) is 18.3. The number of piperidine rings is 2. The third kappa shape index (κ3) is 3.42. The number of nitrogens with zero attached hydrogens (tertiary/aromatic N) is 7. The van der Waals surface area contributed by atoms with Crippen molar-refractivity contribution in [2.75, 3.05) is 36.0 Å². The van der Waals surface area contributed by atoms with Crippen LogP contribution in [0.4, 0.5) is 11.8 Å². The summed E-state index contributed by atoms with van der Waals surface area (Å²) >= 11 is 0. The zero-order valence-corrected chi connectivity index (χ0v) is 16.8. The van der Waals surface area contributed by atoms with Crippen LogP contribution in [0.5, 0.6) is 0 Å². The number of hydrogen-bond donors (Lipinski definition) is 1. The van der Waals surface area contributed by atoms with Crippen LogP contribution in [0, 0.1) is 5.41 Å². The standard InChI is InChI=1S/C21H27N7O/c1-2-28-20(23-15-24-28)27-13-16(29)11-21(14-27)7-9-26(10-8-21)19-12-22-17-5-3-4-6-18(17)25-19/h3-6,12,15-16,29H,2,7-11,13-14H2,1H3. The predicted molar refractivity (Wildman–Crippen MR) is 112 cm³/mol. The Bertz CT molecular complexity index is 995. The molecule has 0 bridgehead atoms. The van der Waals surface area contributed by atoms with Crippen molar-refractivity contribution >= 4 is 22.8 Å². The van der Waals surface area contributed by atoms with Crippen molar-refractivity contribution in [3.63, 3.8) is 0 Å². The monoisotopic (exact) mass is 393 g/mol. The second-order valence-electron chi connectivity index (χ2n) is 8.32. The van der Waals surface area contributed by atoms with Gasteiger partial charge in [-0.25, -0.2) is 9.67 Å². The Kier molecular flexibility index (Phi) is 4.58. The first-order valence-electron chi connectivity index (χ1n) is 10.4. The third-order valence-corrected chi connectivity index (χ3v) is 6.39. The lowest BCUT2D eigenvalue weighted by molar-refractivity contribution is 0.0587.